The summed E-state index contributed by atoms with van der Waals surface area (Å²) in [5.41, 5.74) is 10.9. The zero-order chi connectivity index (χ0) is 94.4. The molecule has 0 saturated carbocycles. The highest BCUT2D eigenvalue weighted by Gasteiger charge is 2.45. The van der Waals surface area contributed by atoms with Gasteiger partial charge in [-0.3, -0.25) is 0 Å². The van der Waals surface area contributed by atoms with Crippen molar-refractivity contribution < 1.29 is 37.3 Å². The van der Waals surface area contributed by atoms with Gasteiger partial charge in [-0.25, -0.2) is 0 Å². The standard InChI is InChI=1S/C104H82N4O/c1-102(2,3)67-54-66(55-68(57-67)103(4,5)6)65-50-52-82-92(56-65)108(99-85(63-30-12-10-13-31-63)58-69(104(7,8)9)59-86(99)64-32-14-11-15-33-64)95-62-71(106-89-47-26-22-38-76(89)77-39-23-27-48-90(77)106)61-94-98(95)97(82)83-53-51-70(105-87-45-24-20-36-74(87)75-37-21-25-46-88(75)105)60-93(83)107(94)91-49-29-43-81-80-42-28-44-84(100(80)109-101(81)91)96-78-40-18-16-34-72(78)73-35-17-19-41-79(73)96/h10-62,96-97H,1-9H3/i16D,17D,18D,19D,20D,21D,22D,23D,24D,25D,26D,27D,34D,35D,36D,37D,38D,39D,40D,41D,45D,46D,47D,48D. The number of para-hydroxylation sites is 6. The number of hydrogen-bond acceptors (Lipinski definition) is 3. The van der Waals surface area contributed by atoms with Gasteiger partial charge >= 0.3 is 0 Å². The molecule has 0 fully saturated rings. The van der Waals surface area contributed by atoms with E-state index in [4.69, 9.17) is 9.90 Å². The Morgan fingerprint density at radius 1 is 0.284 bits per heavy atom. The van der Waals surface area contributed by atoms with Crippen LogP contribution in [0.2, 0.25) is 0 Å². The van der Waals surface area contributed by atoms with Crippen molar-refractivity contribution in [3.8, 4) is 55.9 Å². The van der Waals surface area contributed by atoms with Crippen molar-refractivity contribution in [2.24, 2.45) is 0 Å². The molecule has 3 aliphatic rings. The van der Waals surface area contributed by atoms with Gasteiger partial charge in [0, 0.05) is 72.1 Å². The van der Waals surface area contributed by atoms with E-state index in [9.17, 15) is 27.4 Å². The summed E-state index contributed by atoms with van der Waals surface area (Å²) in [7, 11) is 0. The maximum atomic E-state index is 10.3. The van der Waals surface area contributed by atoms with Crippen molar-refractivity contribution in [1.82, 2.24) is 9.13 Å². The molecule has 0 amide bonds. The number of furan rings is 1. The Morgan fingerprint density at radius 2 is 0.725 bits per heavy atom. The molecule has 1 aliphatic carbocycles. The largest absolute Gasteiger partial charge is 0.454 e. The van der Waals surface area contributed by atoms with Crippen molar-refractivity contribution in [1.29, 1.82) is 0 Å². The third kappa shape index (κ3) is 9.91. The third-order valence-electron chi connectivity index (χ3n) is 22.3. The molecule has 5 heterocycles. The third-order valence-corrected chi connectivity index (χ3v) is 22.3. The summed E-state index contributed by atoms with van der Waals surface area (Å²) in [5, 5.41) is 0.0860. The lowest BCUT2D eigenvalue weighted by molar-refractivity contribution is 0.569. The van der Waals surface area contributed by atoms with Crippen LogP contribution in [-0.4, -0.2) is 9.13 Å². The van der Waals surface area contributed by atoms with E-state index in [1.54, 1.807) is 48.5 Å². The van der Waals surface area contributed by atoms with Gasteiger partial charge in [0.1, 0.15) is 5.58 Å². The van der Waals surface area contributed by atoms with Crippen LogP contribution in [0.5, 0.6) is 0 Å². The minimum absolute atomic E-state index is 0.0170. The van der Waals surface area contributed by atoms with E-state index in [0.717, 1.165) is 55.6 Å². The average Bonchev–Trinajstić information content (AvgIpc) is 1.66. The highest BCUT2D eigenvalue weighted by atomic mass is 16.3. The topological polar surface area (TPSA) is 29.5 Å². The van der Waals surface area contributed by atoms with Gasteiger partial charge in [-0.2, -0.15) is 0 Å². The van der Waals surface area contributed by atoms with Crippen LogP contribution >= 0.6 is 0 Å². The van der Waals surface area contributed by atoms with Crippen LogP contribution < -0.4 is 9.80 Å². The average molecular weight is 1430 g/mol. The van der Waals surface area contributed by atoms with Crippen molar-refractivity contribution in [2.75, 3.05) is 9.80 Å². The summed E-state index contributed by atoms with van der Waals surface area (Å²) in [6.07, 6.45) is 0. The minimum atomic E-state index is -1.33. The predicted octanol–water partition coefficient (Wildman–Crippen LogP) is 28.6. The van der Waals surface area contributed by atoms with Crippen LogP contribution in [0.4, 0.5) is 34.1 Å². The van der Waals surface area contributed by atoms with E-state index in [-0.39, 0.29) is 110 Å². The SMILES string of the molecule is [2H]c1c([2H])c([2H])c2c(c1[2H])-c1c([2H])c([2H])c([2H])c([2H])c1C2c1cccc2c1oc1c(N3c4cc(-n5c6c([2H])c([2H])c([2H])c([2H])c6c6c([2H])c([2H])c([2H])c([2H])c65)ccc4C4c5ccc(-c6cc(C(C)(C)C)cc(C(C)(C)C)c6)cc5N(c5c(-c6ccccc6)cc(C(C)(C)C)cc5-c5ccccc5)c5cc(-n6c7c([2H])c([2H])c([2H])c([2H])c7c7c([2H])c([2H])c([2H])c([2H])c76)cc3c54)cccc12. The van der Waals surface area contributed by atoms with Crippen molar-refractivity contribution in [2.45, 2.75) is 90.4 Å². The lowest BCUT2D eigenvalue weighted by atomic mass is 9.74. The van der Waals surface area contributed by atoms with Crippen LogP contribution in [0.1, 0.15) is 157 Å². The molecule has 2 aliphatic heterocycles. The van der Waals surface area contributed by atoms with Gasteiger partial charge in [0.15, 0.2) is 5.58 Å². The smallest absolute Gasteiger partial charge is 0.159 e. The number of rotatable bonds is 8. The summed E-state index contributed by atoms with van der Waals surface area (Å²) in [6.45, 7) is 19.6. The summed E-state index contributed by atoms with van der Waals surface area (Å²) in [4.78, 5) is 4.17. The summed E-state index contributed by atoms with van der Waals surface area (Å²) >= 11 is 0. The Kier molecular flexibility index (Phi) is 9.74. The zero-order valence-corrected chi connectivity index (χ0v) is 61.1. The Balaban J connectivity index is 0.989. The number of aromatic nitrogens is 2. The molecule has 524 valence electrons. The Morgan fingerprint density at radius 3 is 1.26 bits per heavy atom. The zero-order valence-electron chi connectivity index (χ0n) is 85.1. The van der Waals surface area contributed by atoms with E-state index in [1.807, 2.05) is 59.5 Å². The summed E-state index contributed by atoms with van der Waals surface area (Å²) < 4.78 is 240. The molecule has 1 unspecified atom stereocenters. The minimum Gasteiger partial charge on any atom is -0.454 e. The van der Waals surface area contributed by atoms with Crippen LogP contribution in [0, 0.1) is 0 Å². The van der Waals surface area contributed by atoms with Gasteiger partial charge in [0.2, 0.25) is 0 Å². The van der Waals surface area contributed by atoms with E-state index >= 15 is 0 Å². The van der Waals surface area contributed by atoms with Gasteiger partial charge in [-0.05, 0) is 161 Å². The van der Waals surface area contributed by atoms with Gasteiger partial charge in [-0.1, -0.05) is 311 Å². The second-order valence-corrected chi connectivity index (χ2v) is 31.8. The van der Waals surface area contributed by atoms with E-state index in [0.29, 0.717) is 50.3 Å². The molecule has 18 aromatic rings. The highest BCUT2D eigenvalue weighted by Crippen LogP contribution is 2.65. The van der Waals surface area contributed by atoms with Crippen molar-refractivity contribution in [3.63, 3.8) is 0 Å². The van der Waals surface area contributed by atoms with Crippen LogP contribution in [0.3, 0.4) is 0 Å². The first-order chi connectivity index (χ1) is 63.0. The van der Waals surface area contributed by atoms with Crippen LogP contribution in [0.25, 0.3) is 121 Å². The van der Waals surface area contributed by atoms with Gasteiger partial charge < -0.3 is 23.4 Å². The Bertz CT molecular complexity index is 8020. The number of fused-ring (bicyclic) bond motifs is 16. The molecular formula is C104H82N4O. The number of anilines is 6. The first kappa shape index (κ1) is 44.4. The second kappa shape index (κ2) is 23.9. The van der Waals surface area contributed by atoms with E-state index in [1.165, 1.54) is 9.13 Å². The first-order valence-electron chi connectivity index (χ1n) is 48.7. The molecule has 0 bridgehead atoms. The first-order valence-corrected chi connectivity index (χ1v) is 36.7. The molecule has 109 heavy (non-hydrogen) atoms. The predicted molar refractivity (Wildman–Crippen MR) is 458 cm³/mol. The molecule has 3 aromatic heterocycles. The van der Waals surface area contributed by atoms with Crippen molar-refractivity contribution >= 4 is 99.7 Å². The Hall–Kier alpha value is -12.7. The van der Waals surface area contributed by atoms with Crippen molar-refractivity contribution in [3.05, 3.63) is 371 Å². The molecule has 0 saturated heterocycles. The second-order valence-electron chi connectivity index (χ2n) is 31.8. The number of nitrogens with zero attached hydrogens (tertiary/aromatic N) is 4. The van der Waals surface area contributed by atoms with Gasteiger partial charge in [-0.15, -0.1) is 0 Å². The molecule has 1 atom stereocenters. The van der Waals surface area contributed by atoms with Gasteiger partial charge in [0.25, 0.3) is 0 Å². The number of hydrogen-bond donors (Lipinski definition) is 0. The van der Waals surface area contributed by atoms with Gasteiger partial charge in [0.05, 0.1) is 94.8 Å². The fraction of sp³-hybridized carbons (Fsp3) is 0.135. The lowest BCUT2D eigenvalue weighted by Gasteiger charge is -2.46. The normalized spacial score (nSPS) is 17.2. The fourth-order valence-electron chi connectivity index (χ4n) is 17.1. The molecule has 0 radical (unpaired) electrons. The Labute approximate surface area is 670 Å². The molecular weight excluding hydrogens is 1320 g/mol. The molecule has 5 nitrogen and oxygen atoms in total. The summed E-state index contributed by atoms with van der Waals surface area (Å²) in [5.74, 6) is -2.27. The molecule has 15 aromatic carbocycles. The van der Waals surface area contributed by atoms with Crippen LogP contribution in [-0.2, 0) is 16.2 Å². The van der Waals surface area contributed by atoms with Crippen LogP contribution in [0.15, 0.2) is 325 Å². The quantitative estimate of drug-likeness (QED) is 0.152. The summed E-state index contributed by atoms with van der Waals surface area (Å²) in [6, 6.07) is 43.1. The lowest BCUT2D eigenvalue weighted by Crippen LogP contribution is -2.30. The van der Waals surface area contributed by atoms with E-state index in [2.05, 4.69) is 140 Å². The molecule has 21 rings (SSSR count). The number of benzene rings is 15. The molecule has 0 spiro atoms. The van der Waals surface area contributed by atoms with E-state index < -0.39 is 162 Å². The molecule has 0 N–H and O–H groups in total. The maximum absolute atomic E-state index is 10.3. The molecule has 5 heteroatoms. The highest BCUT2D eigenvalue weighted by molar-refractivity contribution is 6.15. The fourth-order valence-corrected chi connectivity index (χ4v) is 17.1. The maximum Gasteiger partial charge on any atom is 0.159 e. The monoisotopic (exact) mass is 1430 g/mol.